The van der Waals surface area contributed by atoms with Gasteiger partial charge in [-0.3, -0.25) is 9.69 Å². The Morgan fingerprint density at radius 1 is 1.50 bits per heavy atom. The minimum absolute atomic E-state index is 0. The highest BCUT2D eigenvalue weighted by Crippen LogP contribution is 2.17. The Bertz CT molecular complexity index is 176. The van der Waals surface area contributed by atoms with Gasteiger partial charge in [0.1, 0.15) is 6.04 Å². The van der Waals surface area contributed by atoms with Crippen LogP contribution in [0.25, 0.3) is 0 Å². The van der Waals surface area contributed by atoms with Crippen molar-refractivity contribution in [1.29, 1.82) is 0 Å². The molecule has 0 spiro atoms. The number of carboxylic acid groups (broad SMARTS) is 1. The fourth-order valence-electron chi connectivity index (χ4n) is 1.90. The molecule has 0 amide bonds. The van der Waals surface area contributed by atoms with Crippen molar-refractivity contribution in [2.45, 2.75) is 45.1 Å². The highest BCUT2D eigenvalue weighted by Gasteiger charge is 2.27. The summed E-state index contributed by atoms with van der Waals surface area (Å²) in [6, 6.07) is -0.208. The van der Waals surface area contributed by atoms with Crippen LogP contribution in [0.4, 0.5) is 0 Å². The molecule has 3 nitrogen and oxygen atoms in total. The summed E-state index contributed by atoms with van der Waals surface area (Å²) in [4.78, 5) is 13.0. The molecule has 0 aromatic carbocycles. The Kier molecular flexibility index (Phi) is 6.93. The number of piperidine rings is 1. The Morgan fingerprint density at radius 2 is 2.21 bits per heavy atom. The molecule has 1 aliphatic heterocycles. The van der Waals surface area contributed by atoms with E-state index in [1.165, 1.54) is 0 Å². The highest BCUT2D eigenvalue weighted by molar-refractivity contribution is 5.85. The van der Waals surface area contributed by atoms with Crippen LogP contribution < -0.4 is 0 Å². The quantitative estimate of drug-likeness (QED) is 0.791. The van der Waals surface area contributed by atoms with E-state index in [0.717, 1.165) is 45.2 Å². The van der Waals surface area contributed by atoms with Crippen LogP contribution in [0.15, 0.2) is 0 Å². The van der Waals surface area contributed by atoms with Crippen LogP contribution in [0.2, 0.25) is 0 Å². The van der Waals surface area contributed by atoms with E-state index in [9.17, 15) is 4.79 Å². The first-order valence-electron chi connectivity index (χ1n) is 5.22. The van der Waals surface area contributed by atoms with E-state index in [0.29, 0.717) is 0 Å². The fourth-order valence-corrected chi connectivity index (χ4v) is 1.90. The lowest BCUT2D eigenvalue weighted by atomic mass is 10.0. The molecule has 1 atom stereocenters. The third-order valence-electron chi connectivity index (χ3n) is 2.70. The molecule has 0 radical (unpaired) electrons. The summed E-state index contributed by atoms with van der Waals surface area (Å²) in [6.45, 7) is 4.06. The second kappa shape index (κ2) is 7.07. The first kappa shape index (κ1) is 13.7. The van der Waals surface area contributed by atoms with Gasteiger partial charge in [0.15, 0.2) is 0 Å². The van der Waals surface area contributed by atoms with Crippen LogP contribution in [0.1, 0.15) is 39.0 Å². The number of halogens is 1. The Morgan fingerprint density at radius 3 is 2.79 bits per heavy atom. The molecule has 0 saturated carbocycles. The Balaban J connectivity index is 0.00000169. The molecule has 84 valence electrons. The molecule has 1 heterocycles. The van der Waals surface area contributed by atoms with E-state index < -0.39 is 5.97 Å². The number of unbranched alkanes of at least 4 members (excludes halogenated alkanes) is 1. The zero-order valence-electron chi connectivity index (χ0n) is 8.74. The van der Waals surface area contributed by atoms with Gasteiger partial charge in [0, 0.05) is 0 Å². The number of carbonyl (C=O) groups is 1. The second-order valence-corrected chi connectivity index (χ2v) is 3.74. The third kappa shape index (κ3) is 3.84. The molecular weight excluding hydrogens is 202 g/mol. The zero-order chi connectivity index (χ0) is 9.68. The van der Waals surface area contributed by atoms with Gasteiger partial charge in [0.2, 0.25) is 0 Å². The summed E-state index contributed by atoms with van der Waals surface area (Å²) in [5.41, 5.74) is 0. The topological polar surface area (TPSA) is 40.5 Å². The van der Waals surface area contributed by atoms with Gasteiger partial charge < -0.3 is 5.11 Å². The van der Waals surface area contributed by atoms with Crippen molar-refractivity contribution in [3.8, 4) is 0 Å². The van der Waals surface area contributed by atoms with Gasteiger partial charge in [0.05, 0.1) is 0 Å². The Labute approximate surface area is 91.9 Å². The first-order valence-corrected chi connectivity index (χ1v) is 5.22. The predicted molar refractivity (Wildman–Crippen MR) is 59.0 cm³/mol. The normalized spacial score (nSPS) is 22.8. The SMILES string of the molecule is CCCCN1CCCCC1C(=O)O.Cl. The minimum atomic E-state index is -0.643. The number of carboxylic acids is 1. The summed E-state index contributed by atoms with van der Waals surface area (Å²) in [6.07, 6.45) is 5.32. The smallest absolute Gasteiger partial charge is 0.320 e. The number of hydrogen-bond donors (Lipinski definition) is 1. The van der Waals surface area contributed by atoms with Crippen molar-refractivity contribution in [2.24, 2.45) is 0 Å². The monoisotopic (exact) mass is 221 g/mol. The van der Waals surface area contributed by atoms with Gasteiger partial charge in [0.25, 0.3) is 0 Å². The van der Waals surface area contributed by atoms with Crippen LogP contribution in [0, 0.1) is 0 Å². The third-order valence-corrected chi connectivity index (χ3v) is 2.70. The number of aliphatic carboxylic acids is 1. The molecule has 0 aliphatic carbocycles. The van der Waals surface area contributed by atoms with E-state index in [4.69, 9.17) is 5.11 Å². The molecule has 14 heavy (non-hydrogen) atoms. The van der Waals surface area contributed by atoms with Crippen molar-refractivity contribution in [2.75, 3.05) is 13.1 Å². The minimum Gasteiger partial charge on any atom is -0.480 e. The number of hydrogen-bond acceptors (Lipinski definition) is 2. The number of rotatable bonds is 4. The molecule has 1 N–H and O–H groups in total. The lowest BCUT2D eigenvalue weighted by Gasteiger charge is -2.32. The summed E-state index contributed by atoms with van der Waals surface area (Å²) in [5, 5.41) is 8.97. The van der Waals surface area contributed by atoms with Gasteiger partial charge >= 0.3 is 5.97 Å². The first-order chi connectivity index (χ1) is 6.25. The van der Waals surface area contributed by atoms with Gasteiger partial charge in [-0.1, -0.05) is 19.8 Å². The molecule has 1 rings (SSSR count). The molecular formula is C10H20ClNO2. The number of nitrogens with zero attached hydrogens (tertiary/aromatic N) is 1. The van der Waals surface area contributed by atoms with E-state index >= 15 is 0 Å². The molecule has 0 bridgehead atoms. The summed E-state index contributed by atoms with van der Waals surface area (Å²) in [7, 11) is 0. The molecule has 0 aromatic rings. The average molecular weight is 222 g/mol. The van der Waals surface area contributed by atoms with Gasteiger partial charge in [-0.05, 0) is 32.4 Å². The lowest BCUT2D eigenvalue weighted by molar-refractivity contribution is -0.144. The van der Waals surface area contributed by atoms with Crippen molar-refractivity contribution < 1.29 is 9.90 Å². The van der Waals surface area contributed by atoms with Crippen LogP contribution in [-0.4, -0.2) is 35.1 Å². The van der Waals surface area contributed by atoms with Crippen LogP contribution in [-0.2, 0) is 4.79 Å². The molecule has 1 unspecified atom stereocenters. The van der Waals surface area contributed by atoms with E-state index in [1.807, 2.05) is 0 Å². The summed E-state index contributed by atoms with van der Waals surface area (Å²) in [5.74, 6) is -0.643. The van der Waals surface area contributed by atoms with E-state index in [2.05, 4.69) is 11.8 Å². The van der Waals surface area contributed by atoms with Crippen molar-refractivity contribution in [3.63, 3.8) is 0 Å². The lowest BCUT2D eigenvalue weighted by Crippen LogP contribution is -2.44. The van der Waals surface area contributed by atoms with Crippen molar-refractivity contribution in [1.82, 2.24) is 4.90 Å². The van der Waals surface area contributed by atoms with E-state index in [-0.39, 0.29) is 18.4 Å². The summed E-state index contributed by atoms with van der Waals surface area (Å²) >= 11 is 0. The predicted octanol–water partition coefficient (Wildman–Crippen LogP) is 2.15. The largest absolute Gasteiger partial charge is 0.480 e. The molecule has 1 fully saturated rings. The summed E-state index contributed by atoms with van der Waals surface area (Å²) < 4.78 is 0. The second-order valence-electron chi connectivity index (χ2n) is 3.74. The van der Waals surface area contributed by atoms with Gasteiger partial charge in [-0.2, -0.15) is 0 Å². The number of likely N-dealkylation sites (tertiary alicyclic amines) is 1. The average Bonchev–Trinajstić information content (AvgIpc) is 2.15. The highest BCUT2D eigenvalue weighted by atomic mass is 35.5. The van der Waals surface area contributed by atoms with E-state index in [1.54, 1.807) is 0 Å². The molecule has 0 aromatic heterocycles. The standard InChI is InChI=1S/C10H19NO2.ClH/c1-2-3-7-11-8-5-4-6-9(11)10(12)13;/h9H,2-8H2,1H3,(H,12,13);1H. The molecule has 1 saturated heterocycles. The van der Waals surface area contributed by atoms with Crippen LogP contribution in [0.3, 0.4) is 0 Å². The van der Waals surface area contributed by atoms with Crippen LogP contribution in [0.5, 0.6) is 0 Å². The van der Waals surface area contributed by atoms with Crippen LogP contribution >= 0.6 is 12.4 Å². The Hall–Kier alpha value is -0.280. The van der Waals surface area contributed by atoms with Gasteiger partial charge in [-0.25, -0.2) is 0 Å². The van der Waals surface area contributed by atoms with Crippen molar-refractivity contribution in [3.05, 3.63) is 0 Å². The molecule has 1 aliphatic rings. The maximum atomic E-state index is 10.9. The van der Waals surface area contributed by atoms with Gasteiger partial charge in [-0.15, -0.1) is 12.4 Å². The fraction of sp³-hybridized carbons (Fsp3) is 0.900. The maximum absolute atomic E-state index is 10.9. The zero-order valence-corrected chi connectivity index (χ0v) is 9.55. The maximum Gasteiger partial charge on any atom is 0.320 e. The molecule has 4 heteroatoms. The van der Waals surface area contributed by atoms with Crippen molar-refractivity contribution >= 4 is 18.4 Å².